The van der Waals surface area contributed by atoms with Crippen molar-refractivity contribution in [3.8, 4) is 5.75 Å². The molecule has 0 amide bonds. The Kier molecular flexibility index (Phi) is 4.37. The molecule has 1 aliphatic rings. The minimum absolute atomic E-state index is 0.0864. The van der Waals surface area contributed by atoms with E-state index < -0.39 is 0 Å². The number of hydrogen-bond donors (Lipinski definition) is 0. The molecule has 0 fully saturated rings. The maximum atomic E-state index is 12.0. The zero-order valence-corrected chi connectivity index (χ0v) is 12.6. The number of pyridine rings is 1. The highest BCUT2D eigenvalue weighted by molar-refractivity contribution is 5.70. The van der Waals surface area contributed by atoms with Crippen LogP contribution in [0.1, 0.15) is 30.5 Å². The topological polar surface area (TPSA) is 48.4 Å². The number of esters is 1. The predicted molar refractivity (Wildman–Crippen MR) is 82.8 cm³/mol. The third-order valence-electron chi connectivity index (χ3n) is 3.88. The zero-order valence-electron chi connectivity index (χ0n) is 12.6. The Bertz CT molecular complexity index is 617. The third kappa shape index (κ3) is 3.11. The first-order chi connectivity index (χ1) is 10.8. The van der Waals surface area contributed by atoms with Crippen LogP contribution in [0.4, 0.5) is 0 Å². The lowest BCUT2D eigenvalue weighted by Crippen LogP contribution is -2.27. The van der Waals surface area contributed by atoms with Crippen LogP contribution in [0.5, 0.6) is 5.75 Å². The van der Waals surface area contributed by atoms with Crippen molar-refractivity contribution in [2.45, 2.75) is 31.8 Å². The number of hydrogen-bond acceptors (Lipinski definition) is 4. The van der Waals surface area contributed by atoms with Crippen LogP contribution in [0.3, 0.4) is 0 Å². The van der Waals surface area contributed by atoms with Crippen molar-refractivity contribution in [2.24, 2.45) is 0 Å². The van der Waals surface area contributed by atoms with E-state index in [0.717, 1.165) is 17.9 Å². The van der Waals surface area contributed by atoms with Gasteiger partial charge < -0.3 is 9.47 Å². The van der Waals surface area contributed by atoms with Crippen LogP contribution in [0.25, 0.3) is 0 Å². The first-order valence-electron chi connectivity index (χ1n) is 7.59. The van der Waals surface area contributed by atoms with Crippen LogP contribution in [0.15, 0.2) is 48.7 Å². The molecule has 0 radical (unpaired) electrons. The van der Waals surface area contributed by atoms with E-state index in [0.29, 0.717) is 6.61 Å². The molecular formula is C18H19NO3. The second-order valence-corrected chi connectivity index (χ2v) is 5.34. The van der Waals surface area contributed by atoms with Crippen molar-refractivity contribution in [1.29, 1.82) is 0 Å². The molecule has 2 aromatic rings. The lowest BCUT2D eigenvalue weighted by Gasteiger charge is -2.22. The number of ether oxygens (including phenoxy) is 2. The van der Waals surface area contributed by atoms with Crippen molar-refractivity contribution in [2.75, 3.05) is 6.61 Å². The summed E-state index contributed by atoms with van der Waals surface area (Å²) in [4.78, 5) is 16.4. The largest absolute Gasteiger partial charge is 0.489 e. The van der Waals surface area contributed by atoms with E-state index in [1.807, 2.05) is 43.3 Å². The fourth-order valence-electron chi connectivity index (χ4n) is 2.85. The number of aromatic nitrogens is 1. The number of carbonyl (C=O) groups excluding carboxylic acids is 1. The molecule has 0 saturated heterocycles. The maximum absolute atomic E-state index is 12.0. The van der Waals surface area contributed by atoms with Gasteiger partial charge in [-0.25, -0.2) is 0 Å². The predicted octanol–water partition coefficient (Wildman–Crippen LogP) is 3.12. The molecule has 0 bridgehead atoms. The lowest BCUT2D eigenvalue weighted by atomic mass is 9.91. The zero-order chi connectivity index (χ0) is 15.4. The van der Waals surface area contributed by atoms with Gasteiger partial charge in [0.2, 0.25) is 0 Å². The highest BCUT2D eigenvalue weighted by Crippen LogP contribution is 2.36. The van der Waals surface area contributed by atoms with E-state index in [4.69, 9.17) is 9.47 Å². The molecule has 2 heterocycles. The average Bonchev–Trinajstić information content (AvgIpc) is 2.97. The number of para-hydroxylation sites is 1. The molecule has 22 heavy (non-hydrogen) atoms. The molecule has 2 unspecified atom stereocenters. The molecule has 114 valence electrons. The summed E-state index contributed by atoms with van der Waals surface area (Å²) in [7, 11) is 0. The van der Waals surface area contributed by atoms with Crippen molar-refractivity contribution in [1.82, 2.24) is 4.98 Å². The Balaban J connectivity index is 1.82. The molecular weight excluding hydrogens is 278 g/mol. The van der Waals surface area contributed by atoms with Gasteiger partial charge in [0.15, 0.2) is 0 Å². The van der Waals surface area contributed by atoms with Crippen LogP contribution in [0.2, 0.25) is 0 Å². The average molecular weight is 297 g/mol. The maximum Gasteiger partial charge on any atom is 0.306 e. The standard InChI is InChI=1S/C18H19NO3/c1-2-21-18(20)12-14(15-8-5-6-10-19-15)17-11-13-7-3-4-9-16(13)22-17/h3-10,14,17H,2,11-12H2,1H3. The van der Waals surface area contributed by atoms with Gasteiger partial charge in [0, 0.05) is 24.2 Å². The van der Waals surface area contributed by atoms with Crippen LogP contribution in [0, 0.1) is 0 Å². The number of rotatable bonds is 5. The Hall–Kier alpha value is -2.36. The summed E-state index contributed by atoms with van der Waals surface area (Å²) >= 11 is 0. The van der Waals surface area contributed by atoms with Crippen LogP contribution in [-0.2, 0) is 16.0 Å². The smallest absolute Gasteiger partial charge is 0.306 e. The Morgan fingerprint density at radius 2 is 2.14 bits per heavy atom. The van der Waals surface area contributed by atoms with E-state index in [1.165, 1.54) is 5.56 Å². The lowest BCUT2D eigenvalue weighted by molar-refractivity contribution is -0.144. The van der Waals surface area contributed by atoms with E-state index in [1.54, 1.807) is 6.20 Å². The van der Waals surface area contributed by atoms with E-state index in [-0.39, 0.29) is 24.4 Å². The first kappa shape index (κ1) is 14.6. The molecule has 0 aliphatic carbocycles. The van der Waals surface area contributed by atoms with Crippen molar-refractivity contribution >= 4 is 5.97 Å². The van der Waals surface area contributed by atoms with Gasteiger partial charge in [-0.15, -0.1) is 0 Å². The van der Waals surface area contributed by atoms with Gasteiger partial charge in [0.1, 0.15) is 11.9 Å². The summed E-state index contributed by atoms with van der Waals surface area (Å²) in [5.74, 6) is 0.586. The van der Waals surface area contributed by atoms with Crippen LogP contribution < -0.4 is 4.74 Å². The number of benzene rings is 1. The van der Waals surface area contributed by atoms with E-state index >= 15 is 0 Å². The fraction of sp³-hybridized carbons (Fsp3) is 0.333. The molecule has 0 N–H and O–H groups in total. The van der Waals surface area contributed by atoms with E-state index in [9.17, 15) is 4.79 Å². The molecule has 1 aliphatic heterocycles. The minimum atomic E-state index is -0.210. The Morgan fingerprint density at radius 3 is 2.86 bits per heavy atom. The molecule has 4 heteroatoms. The molecule has 2 atom stereocenters. The molecule has 1 aromatic carbocycles. The van der Waals surface area contributed by atoms with Crippen molar-refractivity contribution in [3.05, 3.63) is 59.9 Å². The second-order valence-electron chi connectivity index (χ2n) is 5.34. The summed E-state index contributed by atoms with van der Waals surface area (Å²) in [5.41, 5.74) is 2.05. The Labute approximate surface area is 130 Å². The molecule has 4 nitrogen and oxygen atoms in total. The third-order valence-corrected chi connectivity index (χ3v) is 3.88. The van der Waals surface area contributed by atoms with Gasteiger partial charge in [-0.1, -0.05) is 24.3 Å². The quantitative estimate of drug-likeness (QED) is 0.796. The summed E-state index contributed by atoms with van der Waals surface area (Å²) in [6.45, 7) is 2.20. The molecule has 1 aromatic heterocycles. The second kappa shape index (κ2) is 6.60. The van der Waals surface area contributed by atoms with Gasteiger partial charge in [0.25, 0.3) is 0 Å². The highest BCUT2D eigenvalue weighted by atomic mass is 16.5. The van der Waals surface area contributed by atoms with Crippen molar-refractivity contribution < 1.29 is 14.3 Å². The van der Waals surface area contributed by atoms with Crippen molar-refractivity contribution in [3.63, 3.8) is 0 Å². The summed E-state index contributed by atoms with van der Waals surface area (Å²) in [6, 6.07) is 13.7. The fourth-order valence-corrected chi connectivity index (χ4v) is 2.85. The van der Waals surface area contributed by atoms with Gasteiger partial charge in [0.05, 0.1) is 13.0 Å². The van der Waals surface area contributed by atoms with Crippen LogP contribution >= 0.6 is 0 Å². The SMILES string of the molecule is CCOC(=O)CC(c1ccccn1)C1Cc2ccccc2O1. The number of fused-ring (bicyclic) bond motifs is 1. The molecule has 3 rings (SSSR count). The number of nitrogens with zero attached hydrogens (tertiary/aromatic N) is 1. The highest BCUT2D eigenvalue weighted by Gasteiger charge is 2.33. The monoisotopic (exact) mass is 297 g/mol. The van der Waals surface area contributed by atoms with E-state index in [2.05, 4.69) is 11.1 Å². The minimum Gasteiger partial charge on any atom is -0.489 e. The molecule has 0 spiro atoms. The first-order valence-corrected chi connectivity index (χ1v) is 7.59. The summed E-state index contributed by atoms with van der Waals surface area (Å²) in [6.07, 6.45) is 2.73. The van der Waals surface area contributed by atoms with Gasteiger partial charge in [-0.3, -0.25) is 9.78 Å². The molecule has 0 saturated carbocycles. The van der Waals surface area contributed by atoms with Gasteiger partial charge >= 0.3 is 5.97 Å². The Morgan fingerprint density at radius 1 is 1.32 bits per heavy atom. The normalized spacial score (nSPS) is 17.4. The summed E-state index contributed by atoms with van der Waals surface area (Å²) in [5, 5.41) is 0. The van der Waals surface area contributed by atoms with Gasteiger partial charge in [-0.2, -0.15) is 0 Å². The van der Waals surface area contributed by atoms with Crippen LogP contribution in [-0.4, -0.2) is 23.7 Å². The summed E-state index contributed by atoms with van der Waals surface area (Å²) < 4.78 is 11.2. The number of carbonyl (C=O) groups is 1. The van der Waals surface area contributed by atoms with Gasteiger partial charge in [-0.05, 0) is 30.7 Å².